The summed E-state index contributed by atoms with van der Waals surface area (Å²) in [7, 11) is 1.45. The molecule has 1 heterocycles. The predicted octanol–water partition coefficient (Wildman–Crippen LogP) is 2.95. The molecule has 3 rings (SSSR count). The first kappa shape index (κ1) is 17.3. The van der Waals surface area contributed by atoms with Crippen LogP contribution in [0.5, 0.6) is 5.88 Å². The van der Waals surface area contributed by atoms with E-state index in [1.807, 2.05) is 18.2 Å². The molecule has 1 aliphatic carbocycles. The number of nitrogens with zero attached hydrogens (tertiary/aromatic N) is 2. The fourth-order valence-corrected chi connectivity index (χ4v) is 2.38. The molecule has 2 N–H and O–H groups in total. The second-order valence-electron chi connectivity index (χ2n) is 5.53. The Morgan fingerprint density at radius 3 is 2.54 bits per heavy atom. The lowest BCUT2D eigenvalue weighted by Crippen LogP contribution is -2.18. The normalized spacial score (nSPS) is 12.9. The van der Waals surface area contributed by atoms with E-state index in [4.69, 9.17) is 4.74 Å². The molecular weight excluding hydrogens is 332 g/mol. The number of aromatic nitrogens is 2. The minimum absolute atomic E-state index is 0.0533. The summed E-state index contributed by atoms with van der Waals surface area (Å²) in [5.41, 5.74) is 1.05. The number of ether oxygens (including phenoxy) is 1. The van der Waals surface area contributed by atoms with Gasteiger partial charge in [-0.05, 0) is 25.0 Å². The van der Waals surface area contributed by atoms with Gasteiger partial charge >= 0.3 is 0 Å². The van der Waals surface area contributed by atoms with Gasteiger partial charge in [0.15, 0.2) is 0 Å². The van der Waals surface area contributed by atoms with E-state index in [1.165, 1.54) is 13.2 Å². The third kappa shape index (κ3) is 4.32. The minimum Gasteiger partial charge on any atom is -0.481 e. The van der Waals surface area contributed by atoms with Crippen LogP contribution in [0.2, 0.25) is 0 Å². The van der Waals surface area contributed by atoms with Crippen LogP contribution in [-0.4, -0.2) is 28.9 Å². The molecule has 0 atom stereocenters. The lowest BCUT2D eigenvalue weighted by atomic mass is 10.1. The van der Waals surface area contributed by atoms with Crippen LogP contribution in [0, 0.1) is 0 Å². The van der Waals surface area contributed by atoms with Crippen LogP contribution < -0.4 is 15.4 Å². The molecule has 0 saturated carbocycles. The third-order valence-electron chi connectivity index (χ3n) is 3.67. The van der Waals surface area contributed by atoms with Gasteiger partial charge in [-0.1, -0.05) is 36.4 Å². The summed E-state index contributed by atoms with van der Waals surface area (Å²) in [6.45, 7) is 0. The van der Waals surface area contributed by atoms with Crippen LogP contribution in [0.15, 0.2) is 60.2 Å². The molecule has 0 unspecified atom stereocenters. The Labute approximate surface area is 150 Å². The van der Waals surface area contributed by atoms with Crippen LogP contribution in [0.4, 0.5) is 11.8 Å². The molecule has 0 bridgehead atoms. The molecule has 0 fully saturated rings. The second kappa shape index (κ2) is 8.06. The highest BCUT2D eigenvalue weighted by Crippen LogP contribution is 2.18. The maximum atomic E-state index is 12.3. The van der Waals surface area contributed by atoms with E-state index in [0.29, 0.717) is 11.1 Å². The van der Waals surface area contributed by atoms with Crippen molar-refractivity contribution in [3.63, 3.8) is 0 Å². The van der Waals surface area contributed by atoms with Crippen molar-refractivity contribution in [1.29, 1.82) is 0 Å². The maximum absolute atomic E-state index is 12.3. The molecule has 7 nitrogen and oxygen atoms in total. The molecule has 0 spiro atoms. The van der Waals surface area contributed by atoms with E-state index in [2.05, 4.69) is 20.6 Å². The molecule has 2 aromatic rings. The number of rotatable bonds is 5. The van der Waals surface area contributed by atoms with Crippen molar-refractivity contribution in [2.75, 3.05) is 17.7 Å². The summed E-state index contributed by atoms with van der Waals surface area (Å²) in [5, 5.41) is 5.30. The Balaban J connectivity index is 1.78. The highest BCUT2D eigenvalue weighted by Gasteiger charge is 2.14. The summed E-state index contributed by atoms with van der Waals surface area (Å²) in [4.78, 5) is 32.8. The van der Waals surface area contributed by atoms with Gasteiger partial charge in [-0.2, -0.15) is 9.97 Å². The number of nitrogens with one attached hydrogen (secondary N) is 2. The molecule has 2 amide bonds. The van der Waals surface area contributed by atoms with Crippen molar-refractivity contribution in [3.8, 4) is 5.88 Å². The van der Waals surface area contributed by atoms with Gasteiger partial charge < -0.3 is 10.1 Å². The predicted molar refractivity (Wildman–Crippen MR) is 98.1 cm³/mol. The standard InChI is InChI=1S/C19H18N4O3/c1-26-16-12-15(20-17(24)13-8-4-2-5-9-13)21-19(22-16)23-18(25)14-10-6-3-7-11-14/h2,4-6,8-12H,3,7H2,1H3,(H2,20,21,22,23,24,25). The second-order valence-corrected chi connectivity index (χ2v) is 5.53. The molecule has 0 radical (unpaired) electrons. The molecule has 0 saturated heterocycles. The Morgan fingerprint density at radius 1 is 1.04 bits per heavy atom. The Morgan fingerprint density at radius 2 is 1.85 bits per heavy atom. The van der Waals surface area contributed by atoms with Gasteiger partial charge in [-0.3, -0.25) is 14.9 Å². The first-order chi connectivity index (χ1) is 12.7. The van der Waals surface area contributed by atoms with Crippen molar-refractivity contribution in [3.05, 3.63) is 65.8 Å². The molecule has 1 aromatic heterocycles. The van der Waals surface area contributed by atoms with Crippen LogP contribution in [0.1, 0.15) is 23.2 Å². The maximum Gasteiger partial charge on any atom is 0.257 e. The summed E-state index contributed by atoms with van der Waals surface area (Å²) < 4.78 is 5.13. The molecule has 132 valence electrons. The van der Waals surface area contributed by atoms with Crippen LogP contribution in [-0.2, 0) is 4.79 Å². The van der Waals surface area contributed by atoms with Crippen molar-refractivity contribution >= 4 is 23.6 Å². The SMILES string of the molecule is COc1cc(NC(=O)c2ccccc2)nc(NC(=O)C2=CCCC=C2)n1. The van der Waals surface area contributed by atoms with Crippen molar-refractivity contribution in [2.45, 2.75) is 12.8 Å². The molecule has 26 heavy (non-hydrogen) atoms. The number of hydrogen-bond donors (Lipinski definition) is 2. The Kier molecular flexibility index (Phi) is 5.38. The summed E-state index contributed by atoms with van der Waals surface area (Å²) in [6.07, 6.45) is 7.29. The van der Waals surface area contributed by atoms with E-state index in [9.17, 15) is 9.59 Å². The minimum atomic E-state index is -0.318. The molecular formula is C19H18N4O3. The first-order valence-electron chi connectivity index (χ1n) is 8.13. The lowest BCUT2D eigenvalue weighted by molar-refractivity contribution is -0.112. The Bertz CT molecular complexity index is 876. The number of carbonyl (C=O) groups excluding carboxylic acids is 2. The molecule has 1 aromatic carbocycles. The summed E-state index contributed by atoms with van der Waals surface area (Å²) in [6, 6.07) is 10.2. The topological polar surface area (TPSA) is 93.2 Å². The van der Waals surface area contributed by atoms with Gasteiger partial charge in [0.1, 0.15) is 5.82 Å². The van der Waals surface area contributed by atoms with Gasteiger partial charge in [0.05, 0.1) is 7.11 Å². The monoisotopic (exact) mass is 350 g/mol. The van der Waals surface area contributed by atoms with E-state index in [1.54, 1.807) is 30.3 Å². The fourth-order valence-electron chi connectivity index (χ4n) is 2.38. The van der Waals surface area contributed by atoms with Gasteiger partial charge in [-0.15, -0.1) is 0 Å². The highest BCUT2D eigenvalue weighted by molar-refractivity contribution is 6.06. The average Bonchev–Trinajstić information content (AvgIpc) is 2.69. The fraction of sp³-hybridized carbons (Fsp3) is 0.158. The number of amides is 2. The van der Waals surface area contributed by atoms with E-state index in [-0.39, 0.29) is 29.5 Å². The number of allylic oxidation sites excluding steroid dienone is 2. The first-order valence-corrected chi connectivity index (χ1v) is 8.13. The third-order valence-corrected chi connectivity index (χ3v) is 3.67. The molecule has 7 heteroatoms. The van der Waals surface area contributed by atoms with Crippen molar-refractivity contribution in [1.82, 2.24) is 9.97 Å². The van der Waals surface area contributed by atoms with Crippen LogP contribution in [0.25, 0.3) is 0 Å². The van der Waals surface area contributed by atoms with Crippen LogP contribution >= 0.6 is 0 Å². The molecule has 1 aliphatic rings. The van der Waals surface area contributed by atoms with E-state index in [0.717, 1.165) is 12.8 Å². The van der Waals surface area contributed by atoms with Crippen molar-refractivity contribution in [2.24, 2.45) is 0 Å². The number of benzene rings is 1. The van der Waals surface area contributed by atoms with Crippen molar-refractivity contribution < 1.29 is 14.3 Å². The summed E-state index contributed by atoms with van der Waals surface area (Å²) in [5.74, 6) is -0.116. The Hall–Kier alpha value is -3.48. The zero-order valence-electron chi connectivity index (χ0n) is 14.2. The van der Waals surface area contributed by atoms with Gasteiger partial charge in [0.2, 0.25) is 11.8 Å². The quantitative estimate of drug-likeness (QED) is 0.865. The molecule has 0 aliphatic heterocycles. The van der Waals surface area contributed by atoms with Crippen LogP contribution in [0.3, 0.4) is 0 Å². The largest absolute Gasteiger partial charge is 0.481 e. The number of anilines is 2. The lowest BCUT2D eigenvalue weighted by Gasteiger charge is -2.10. The van der Waals surface area contributed by atoms with Gasteiger partial charge in [-0.25, -0.2) is 0 Å². The zero-order valence-corrected chi connectivity index (χ0v) is 14.2. The number of methoxy groups -OCH3 is 1. The summed E-state index contributed by atoms with van der Waals surface area (Å²) >= 11 is 0. The number of hydrogen-bond acceptors (Lipinski definition) is 5. The van der Waals surface area contributed by atoms with Gasteiger partial charge in [0.25, 0.3) is 11.8 Å². The average molecular weight is 350 g/mol. The van der Waals surface area contributed by atoms with E-state index >= 15 is 0 Å². The van der Waals surface area contributed by atoms with Gasteiger partial charge in [0, 0.05) is 17.2 Å². The zero-order chi connectivity index (χ0) is 18.4. The number of carbonyl (C=O) groups is 2. The van der Waals surface area contributed by atoms with E-state index < -0.39 is 0 Å². The highest BCUT2D eigenvalue weighted by atomic mass is 16.5. The smallest absolute Gasteiger partial charge is 0.257 e.